The van der Waals surface area contributed by atoms with Crippen molar-refractivity contribution in [1.29, 1.82) is 0 Å². The fourth-order valence-electron chi connectivity index (χ4n) is 2.05. The smallest absolute Gasteiger partial charge is 0.321 e. The molecule has 0 aromatic heterocycles. The standard InChI is InChI=1S/C11H20N2O6S/c14-10(15)6-4-5-9(11(16)17)12-20(18,19)13-7-2-1-3-8-13/h9,12H,1-8H2,(H,14,15)(H,16,17)/t9-/m1/s1. The molecule has 1 heterocycles. The molecule has 1 rings (SSSR count). The predicted octanol–water partition coefficient (Wildman–Crippen LogP) is 0.0148. The maximum atomic E-state index is 12.0. The summed E-state index contributed by atoms with van der Waals surface area (Å²) >= 11 is 0. The summed E-state index contributed by atoms with van der Waals surface area (Å²) < 4.78 is 27.4. The zero-order valence-electron chi connectivity index (χ0n) is 11.1. The Kier molecular flexibility index (Phi) is 6.37. The number of hydrogen-bond acceptors (Lipinski definition) is 4. The summed E-state index contributed by atoms with van der Waals surface area (Å²) in [5.41, 5.74) is 0. The van der Waals surface area contributed by atoms with Crippen molar-refractivity contribution in [3.05, 3.63) is 0 Å². The summed E-state index contributed by atoms with van der Waals surface area (Å²) in [5.74, 6) is -2.33. The molecule has 9 heteroatoms. The lowest BCUT2D eigenvalue weighted by atomic mass is 10.1. The first kappa shape index (κ1) is 16.9. The van der Waals surface area contributed by atoms with E-state index in [9.17, 15) is 18.0 Å². The number of piperidine rings is 1. The van der Waals surface area contributed by atoms with E-state index < -0.39 is 28.2 Å². The number of carboxylic acid groups (broad SMARTS) is 2. The fraction of sp³-hybridized carbons (Fsp3) is 0.818. The monoisotopic (exact) mass is 308 g/mol. The molecule has 8 nitrogen and oxygen atoms in total. The highest BCUT2D eigenvalue weighted by molar-refractivity contribution is 7.87. The van der Waals surface area contributed by atoms with Gasteiger partial charge >= 0.3 is 11.9 Å². The SMILES string of the molecule is O=C(O)CCC[C@@H](NS(=O)(=O)N1CCCCC1)C(=O)O. The Morgan fingerprint density at radius 3 is 2.25 bits per heavy atom. The number of nitrogens with zero attached hydrogens (tertiary/aromatic N) is 1. The molecule has 1 fully saturated rings. The van der Waals surface area contributed by atoms with Crippen molar-refractivity contribution >= 4 is 22.1 Å². The summed E-state index contributed by atoms with van der Waals surface area (Å²) in [6, 6.07) is -1.29. The number of hydrogen-bond donors (Lipinski definition) is 3. The Bertz CT molecular complexity index is 444. The minimum Gasteiger partial charge on any atom is -0.481 e. The second-order valence-electron chi connectivity index (χ2n) is 4.76. The van der Waals surface area contributed by atoms with Gasteiger partial charge in [-0.15, -0.1) is 0 Å². The third-order valence-corrected chi connectivity index (χ3v) is 4.76. The van der Waals surface area contributed by atoms with Crippen LogP contribution in [0.5, 0.6) is 0 Å². The second kappa shape index (κ2) is 7.55. The van der Waals surface area contributed by atoms with Gasteiger partial charge < -0.3 is 10.2 Å². The average molecular weight is 308 g/mol. The molecular formula is C11H20N2O6S. The van der Waals surface area contributed by atoms with Crippen molar-refractivity contribution in [2.24, 2.45) is 0 Å². The molecule has 0 amide bonds. The number of aliphatic carboxylic acids is 2. The molecule has 0 aromatic carbocycles. The van der Waals surface area contributed by atoms with E-state index in [0.717, 1.165) is 19.3 Å². The van der Waals surface area contributed by atoms with Crippen LogP contribution in [0.4, 0.5) is 0 Å². The lowest BCUT2D eigenvalue weighted by molar-refractivity contribution is -0.140. The van der Waals surface area contributed by atoms with Gasteiger partial charge in [-0.3, -0.25) is 9.59 Å². The molecule has 0 unspecified atom stereocenters. The van der Waals surface area contributed by atoms with Gasteiger partial charge in [0.25, 0.3) is 10.2 Å². The minimum absolute atomic E-state index is 0.0469. The van der Waals surface area contributed by atoms with Crippen LogP contribution in [-0.2, 0) is 19.8 Å². The van der Waals surface area contributed by atoms with Gasteiger partial charge in [0, 0.05) is 19.5 Å². The van der Waals surface area contributed by atoms with Crippen molar-refractivity contribution < 1.29 is 28.2 Å². The lowest BCUT2D eigenvalue weighted by Gasteiger charge is -2.27. The first-order valence-corrected chi connectivity index (χ1v) is 7.99. The number of carbonyl (C=O) groups is 2. The highest BCUT2D eigenvalue weighted by atomic mass is 32.2. The first-order chi connectivity index (χ1) is 9.33. The Labute approximate surface area is 118 Å². The average Bonchev–Trinajstić information content (AvgIpc) is 2.38. The summed E-state index contributed by atoms with van der Waals surface area (Å²) in [6.45, 7) is 0.771. The van der Waals surface area contributed by atoms with Crippen LogP contribution in [0.1, 0.15) is 38.5 Å². The minimum atomic E-state index is -3.82. The molecule has 0 bridgehead atoms. The van der Waals surface area contributed by atoms with Gasteiger partial charge in [-0.05, 0) is 25.7 Å². The van der Waals surface area contributed by atoms with Crippen molar-refractivity contribution in [2.75, 3.05) is 13.1 Å². The molecule has 1 aliphatic heterocycles. The zero-order chi connectivity index (χ0) is 15.2. The van der Waals surface area contributed by atoms with Crippen LogP contribution < -0.4 is 4.72 Å². The maximum Gasteiger partial charge on any atom is 0.321 e. The maximum absolute atomic E-state index is 12.0. The Morgan fingerprint density at radius 2 is 1.75 bits per heavy atom. The van der Waals surface area contributed by atoms with E-state index in [2.05, 4.69) is 4.72 Å². The Hall–Kier alpha value is -1.19. The summed E-state index contributed by atoms with van der Waals surface area (Å²) in [7, 11) is -3.82. The molecule has 1 saturated heterocycles. The number of carboxylic acids is 2. The van der Waals surface area contributed by atoms with Crippen LogP contribution in [0.3, 0.4) is 0 Å². The summed E-state index contributed by atoms with van der Waals surface area (Å²) in [6.07, 6.45) is 2.36. The van der Waals surface area contributed by atoms with Gasteiger partial charge in [0.15, 0.2) is 0 Å². The third-order valence-electron chi connectivity index (χ3n) is 3.13. The van der Waals surface area contributed by atoms with E-state index in [1.807, 2.05) is 0 Å². The Morgan fingerprint density at radius 1 is 1.15 bits per heavy atom. The van der Waals surface area contributed by atoms with E-state index in [1.165, 1.54) is 4.31 Å². The number of rotatable bonds is 8. The highest BCUT2D eigenvalue weighted by Crippen LogP contribution is 2.13. The van der Waals surface area contributed by atoms with Crippen molar-refractivity contribution in [2.45, 2.75) is 44.6 Å². The van der Waals surface area contributed by atoms with E-state index in [0.29, 0.717) is 13.1 Å². The van der Waals surface area contributed by atoms with Crippen LogP contribution >= 0.6 is 0 Å². The molecule has 1 atom stereocenters. The van der Waals surface area contributed by atoms with E-state index >= 15 is 0 Å². The predicted molar refractivity (Wildman–Crippen MR) is 70.4 cm³/mol. The van der Waals surface area contributed by atoms with Crippen LogP contribution in [0, 0.1) is 0 Å². The van der Waals surface area contributed by atoms with E-state index in [-0.39, 0.29) is 19.3 Å². The number of nitrogens with one attached hydrogen (secondary N) is 1. The lowest BCUT2D eigenvalue weighted by Crippen LogP contribution is -2.49. The molecular weight excluding hydrogens is 288 g/mol. The quantitative estimate of drug-likeness (QED) is 0.580. The molecule has 0 aliphatic carbocycles. The normalized spacial score (nSPS) is 18.6. The van der Waals surface area contributed by atoms with Gasteiger partial charge in [-0.1, -0.05) is 6.42 Å². The fourth-order valence-corrected chi connectivity index (χ4v) is 3.52. The van der Waals surface area contributed by atoms with Gasteiger partial charge in [-0.25, -0.2) is 0 Å². The summed E-state index contributed by atoms with van der Waals surface area (Å²) in [4.78, 5) is 21.4. The van der Waals surface area contributed by atoms with E-state index in [1.54, 1.807) is 0 Å². The molecule has 0 aromatic rings. The molecule has 3 N–H and O–H groups in total. The molecule has 116 valence electrons. The van der Waals surface area contributed by atoms with Crippen LogP contribution in [0.15, 0.2) is 0 Å². The van der Waals surface area contributed by atoms with Crippen LogP contribution in [0.25, 0.3) is 0 Å². The van der Waals surface area contributed by atoms with Crippen molar-refractivity contribution in [3.63, 3.8) is 0 Å². The first-order valence-electron chi connectivity index (χ1n) is 6.55. The molecule has 0 saturated carbocycles. The summed E-state index contributed by atoms with van der Waals surface area (Å²) in [5, 5.41) is 17.5. The largest absolute Gasteiger partial charge is 0.481 e. The van der Waals surface area contributed by atoms with Crippen molar-refractivity contribution in [1.82, 2.24) is 9.03 Å². The topological polar surface area (TPSA) is 124 Å². The van der Waals surface area contributed by atoms with Crippen LogP contribution in [-0.4, -0.2) is 54.0 Å². The van der Waals surface area contributed by atoms with Gasteiger partial charge in [-0.2, -0.15) is 17.4 Å². The molecule has 0 radical (unpaired) electrons. The van der Waals surface area contributed by atoms with Crippen LogP contribution in [0.2, 0.25) is 0 Å². The van der Waals surface area contributed by atoms with Gasteiger partial charge in [0.1, 0.15) is 6.04 Å². The Balaban J connectivity index is 2.59. The third kappa shape index (κ3) is 5.43. The van der Waals surface area contributed by atoms with E-state index in [4.69, 9.17) is 10.2 Å². The highest BCUT2D eigenvalue weighted by Gasteiger charge is 2.29. The molecule has 20 heavy (non-hydrogen) atoms. The van der Waals surface area contributed by atoms with Crippen molar-refractivity contribution in [3.8, 4) is 0 Å². The molecule has 1 aliphatic rings. The van der Waals surface area contributed by atoms with Gasteiger partial charge in [0.2, 0.25) is 0 Å². The molecule has 0 spiro atoms. The van der Waals surface area contributed by atoms with Gasteiger partial charge in [0.05, 0.1) is 0 Å². The zero-order valence-corrected chi connectivity index (χ0v) is 11.9. The second-order valence-corrected chi connectivity index (χ2v) is 6.46.